The molecule has 0 aliphatic rings. The second kappa shape index (κ2) is 6.42. The van der Waals surface area contributed by atoms with E-state index in [-0.39, 0.29) is 24.8 Å². The standard InChI is InChI=1S/C9H12N3O7P/c13-11(14)7-2-3-8(9(6-7)12(15)16)10-4-1-5-20(17,18)19/h2-3,6,10H,1,4-5H2,(H2,17,18,19). The largest absolute Gasteiger partial charge is 0.379 e. The SMILES string of the molecule is O=[N+]([O-])c1ccc(NCCCP(=O)(O)O)c([N+](=O)[O-])c1. The maximum Gasteiger partial charge on any atom is 0.325 e. The van der Waals surface area contributed by atoms with E-state index in [1.54, 1.807) is 0 Å². The molecule has 1 rings (SSSR count). The van der Waals surface area contributed by atoms with Crippen molar-refractivity contribution in [2.24, 2.45) is 0 Å². The van der Waals surface area contributed by atoms with E-state index < -0.39 is 28.8 Å². The maximum atomic E-state index is 10.8. The molecule has 20 heavy (non-hydrogen) atoms. The van der Waals surface area contributed by atoms with Crippen molar-refractivity contribution in [3.8, 4) is 0 Å². The minimum absolute atomic E-state index is 0.0614. The molecule has 1 aromatic carbocycles. The van der Waals surface area contributed by atoms with Gasteiger partial charge in [0.1, 0.15) is 5.69 Å². The van der Waals surface area contributed by atoms with E-state index in [0.717, 1.165) is 12.1 Å². The van der Waals surface area contributed by atoms with Gasteiger partial charge in [-0.15, -0.1) is 0 Å². The summed E-state index contributed by atoms with van der Waals surface area (Å²) < 4.78 is 10.6. The number of nitrogens with zero attached hydrogens (tertiary/aromatic N) is 2. The second-order valence-corrected chi connectivity index (χ2v) is 5.66. The van der Waals surface area contributed by atoms with Crippen LogP contribution >= 0.6 is 7.60 Å². The minimum atomic E-state index is -4.10. The summed E-state index contributed by atoms with van der Waals surface area (Å²) in [7, 11) is -4.10. The first-order chi connectivity index (χ1) is 9.20. The van der Waals surface area contributed by atoms with Crippen molar-refractivity contribution in [1.82, 2.24) is 0 Å². The Labute approximate surface area is 112 Å². The molecule has 110 valence electrons. The van der Waals surface area contributed by atoms with Gasteiger partial charge in [-0.2, -0.15) is 0 Å². The molecule has 0 saturated heterocycles. The van der Waals surface area contributed by atoms with Crippen LogP contribution in [-0.2, 0) is 4.57 Å². The fraction of sp³-hybridized carbons (Fsp3) is 0.333. The van der Waals surface area contributed by atoms with Gasteiger partial charge >= 0.3 is 7.60 Å². The van der Waals surface area contributed by atoms with E-state index in [1.165, 1.54) is 6.07 Å². The molecular formula is C9H12N3O7P. The Bertz CT molecular complexity index is 571. The Morgan fingerprint density at radius 2 is 1.85 bits per heavy atom. The number of nitrogens with one attached hydrogen (secondary N) is 1. The van der Waals surface area contributed by atoms with Crippen LogP contribution in [0.15, 0.2) is 18.2 Å². The van der Waals surface area contributed by atoms with Crippen molar-refractivity contribution < 1.29 is 24.2 Å². The molecule has 0 bridgehead atoms. The molecule has 11 heteroatoms. The van der Waals surface area contributed by atoms with Gasteiger partial charge < -0.3 is 15.1 Å². The van der Waals surface area contributed by atoms with Crippen molar-refractivity contribution in [3.63, 3.8) is 0 Å². The quantitative estimate of drug-likeness (QED) is 0.296. The molecule has 0 aliphatic carbocycles. The van der Waals surface area contributed by atoms with Crippen LogP contribution in [0.4, 0.5) is 17.1 Å². The van der Waals surface area contributed by atoms with Gasteiger partial charge in [0.2, 0.25) is 0 Å². The summed E-state index contributed by atoms with van der Waals surface area (Å²) in [5.74, 6) is 0. The minimum Gasteiger partial charge on any atom is -0.379 e. The molecular weight excluding hydrogens is 293 g/mol. The van der Waals surface area contributed by atoms with Crippen molar-refractivity contribution >= 4 is 24.7 Å². The third kappa shape index (κ3) is 4.92. The molecule has 0 atom stereocenters. The van der Waals surface area contributed by atoms with Crippen molar-refractivity contribution in [2.75, 3.05) is 18.0 Å². The molecule has 10 nitrogen and oxygen atoms in total. The lowest BCUT2D eigenvalue weighted by molar-refractivity contribution is -0.393. The smallest absolute Gasteiger partial charge is 0.325 e. The van der Waals surface area contributed by atoms with Crippen LogP contribution in [0.25, 0.3) is 0 Å². The van der Waals surface area contributed by atoms with E-state index in [0.29, 0.717) is 0 Å². The van der Waals surface area contributed by atoms with Gasteiger partial charge in [0.25, 0.3) is 11.4 Å². The third-order valence-electron chi connectivity index (χ3n) is 2.33. The van der Waals surface area contributed by atoms with Crippen LogP contribution in [0.3, 0.4) is 0 Å². The van der Waals surface area contributed by atoms with Crippen molar-refractivity contribution in [3.05, 3.63) is 38.4 Å². The average molecular weight is 305 g/mol. The fourth-order valence-electron chi connectivity index (χ4n) is 1.44. The van der Waals surface area contributed by atoms with Crippen LogP contribution in [0.5, 0.6) is 0 Å². The van der Waals surface area contributed by atoms with Crippen LogP contribution in [0.1, 0.15) is 6.42 Å². The maximum absolute atomic E-state index is 10.8. The van der Waals surface area contributed by atoms with E-state index in [4.69, 9.17) is 9.79 Å². The van der Waals surface area contributed by atoms with Crippen LogP contribution in [0.2, 0.25) is 0 Å². The highest BCUT2D eigenvalue weighted by atomic mass is 31.2. The Kier molecular flexibility index (Phi) is 5.14. The van der Waals surface area contributed by atoms with Gasteiger partial charge in [-0.25, -0.2) is 0 Å². The highest BCUT2D eigenvalue weighted by Crippen LogP contribution is 2.35. The van der Waals surface area contributed by atoms with E-state index in [9.17, 15) is 24.8 Å². The number of hydrogen-bond donors (Lipinski definition) is 3. The summed E-state index contributed by atoms with van der Waals surface area (Å²) in [6.45, 7) is 0.101. The van der Waals surface area contributed by atoms with Crippen LogP contribution in [-0.4, -0.2) is 32.3 Å². The first-order valence-corrected chi connectivity index (χ1v) is 7.22. The highest BCUT2D eigenvalue weighted by Gasteiger charge is 2.19. The highest BCUT2D eigenvalue weighted by molar-refractivity contribution is 7.51. The molecule has 0 aliphatic heterocycles. The number of hydrogen-bond acceptors (Lipinski definition) is 6. The van der Waals surface area contributed by atoms with Crippen molar-refractivity contribution in [1.29, 1.82) is 0 Å². The molecule has 0 spiro atoms. The van der Waals surface area contributed by atoms with Crippen LogP contribution < -0.4 is 5.32 Å². The number of benzene rings is 1. The normalized spacial score (nSPS) is 11.1. The number of non-ortho nitro benzene ring substituents is 1. The Balaban J connectivity index is 2.77. The zero-order valence-electron chi connectivity index (χ0n) is 10.1. The predicted octanol–water partition coefficient (Wildman–Crippen LogP) is 1.48. The Morgan fingerprint density at radius 1 is 1.20 bits per heavy atom. The summed E-state index contributed by atoms with van der Waals surface area (Å²) in [6, 6.07) is 3.12. The summed E-state index contributed by atoms with van der Waals surface area (Å²) in [4.78, 5) is 37.1. The Morgan fingerprint density at radius 3 is 2.35 bits per heavy atom. The Hall–Kier alpha value is -2.03. The number of nitro groups is 2. The molecule has 1 aromatic rings. The predicted molar refractivity (Wildman–Crippen MR) is 69.8 cm³/mol. The van der Waals surface area contributed by atoms with Crippen LogP contribution in [0, 0.1) is 20.2 Å². The first kappa shape index (κ1) is 16.0. The summed E-state index contributed by atoms with van der Waals surface area (Å²) >= 11 is 0. The molecule has 3 N–H and O–H groups in total. The first-order valence-electron chi connectivity index (χ1n) is 5.42. The topological polar surface area (TPSA) is 156 Å². The van der Waals surface area contributed by atoms with Gasteiger partial charge in [-0.05, 0) is 12.5 Å². The lowest BCUT2D eigenvalue weighted by atomic mass is 10.2. The molecule has 0 heterocycles. The van der Waals surface area contributed by atoms with Gasteiger partial charge in [0, 0.05) is 12.6 Å². The molecule has 0 fully saturated rings. The molecule has 0 amide bonds. The van der Waals surface area contributed by atoms with Gasteiger partial charge in [0.15, 0.2) is 0 Å². The summed E-state index contributed by atoms with van der Waals surface area (Å²) in [6.07, 6.45) is -0.237. The molecule has 0 unspecified atom stereocenters. The van der Waals surface area contributed by atoms with Crippen molar-refractivity contribution in [2.45, 2.75) is 6.42 Å². The summed E-state index contributed by atoms with van der Waals surface area (Å²) in [5.41, 5.74) is -0.806. The van der Waals surface area contributed by atoms with Gasteiger partial charge in [-0.3, -0.25) is 24.8 Å². The lowest BCUT2D eigenvalue weighted by Crippen LogP contribution is -2.06. The third-order valence-corrected chi connectivity index (χ3v) is 3.23. The van der Waals surface area contributed by atoms with Gasteiger partial charge in [0.05, 0.1) is 22.1 Å². The van der Waals surface area contributed by atoms with E-state index in [2.05, 4.69) is 5.32 Å². The number of nitro benzene ring substituents is 2. The second-order valence-electron chi connectivity index (χ2n) is 3.88. The zero-order valence-corrected chi connectivity index (χ0v) is 11.0. The molecule has 0 radical (unpaired) electrons. The number of anilines is 1. The fourth-order valence-corrected chi connectivity index (χ4v) is 2.01. The number of rotatable bonds is 7. The van der Waals surface area contributed by atoms with Gasteiger partial charge in [-0.1, -0.05) is 0 Å². The lowest BCUT2D eigenvalue weighted by Gasteiger charge is -2.07. The zero-order chi connectivity index (χ0) is 15.3. The van der Waals surface area contributed by atoms with E-state index >= 15 is 0 Å². The summed E-state index contributed by atoms with van der Waals surface area (Å²) in [5, 5.41) is 24.0. The monoisotopic (exact) mass is 305 g/mol. The average Bonchev–Trinajstić information content (AvgIpc) is 2.33. The molecule has 0 saturated carbocycles. The molecule has 0 aromatic heterocycles. The van der Waals surface area contributed by atoms with E-state index in [1.807, 2.05) is 0 Å².